The molecule has 1 heterocycles. The van der Waals surface area contributed by atoms with E-state index in [2.05, 4.69) is 28.9 Å². The maximum absolute atomic E-state index is 5.77. The fourth-order valence-corrected chi connectivity index (χ4v) is 2.81. The average molecular weight is 318 g/mol. The van der Waals surface area contributed by atoms with Crippen molar-refractivity contribution in [3.05, 3.63) is 35.9 Å². The molecule has 1 fully saturated rings. The smallest absolute Gasteiger partial charge is 0.161 e. The summed E-state index contributed by atoms with van der Waals surface area (Å²) in [6, 6.07) is 6.10. The molecule has 0 unspecified atom stereocenters. The highest BCUT2D eigenvalue weighted by molar-refractivity contribution is 5.43. The Hall–Kier alpha value is -1.52. The number of nitrogens with zero attached hydrogens (tertiary/aromatic N) is 1. The van der Waals surface area contributed by atoms with Crippen LogP contribution in [0.1, 0.15) is 31.7 Å². The molecule has 1 aliphatic heterocycles. The lowest BCUT2D eigenvalue weighted by Crippen LogP contribution is -2.24. The summed E-state index contributed by atoms with van der Waals surface area (Å²) in [6.45, 7) is 12.0. The highest BCUT2D eigenvalue weighted by atomic mass is 16.5. The number of hydrogen-bond donors (Lipinski definition) is 1. The standard InChI is InChI=1S/C19H30N2O2/c1-16(2)15-23-19-13-17(7-8-18(19)22-3)14-20-9-6-12-21-10-4-5-11-21/h7-8,13,20H,1,4-6,9-12,14-15H2,2-3H3. The molecule has 128 valence electrons. The van der Waals surface area contributed by atoms with Crippen molar-refractivity contribution in [1.82, 2.24) is 10.2 Å². The maximum Gasteiger partial charge on any atom is 0.161 e. The Morgan fingerprint density at radius 3 is 2.74 bits per heavy atom. The van der Waals surface area contributed by atoms with E-state index in [-0.39, 0.29) is 0 Å². The van der Waals surface area contributed by atoms with Gasteiger partial charge in [0.25, 0.3) is 0 Å². The van der Waals surface area contributed by atoms with Gasteiger partial charge in [0, 0.05) is 6.54 Å². The van der Waals surface area contributed by atoms with Gasteiger partial charge in [0.2, 0.25) is 0 Å². The summed E-state index contributed by atoms with van der Waals surface area (Å²) in [5.74, 6) is 1.55. The molecule has 4 heteroatoms. The van der Waals surface area contributed by atoms with E-state index in [0.29, 0.717) is 6.61 Å². The molecular weight excluding hydrogens is 288 g/mol. The molecule has 0 aromatic heterocycles. The van der Waals surface area contributed by atoms with Gasteiger partial charge in [-0.25, -0.2) is 0 Å². The molecule has 0 atom stereocenters. The molecule has 0 radical (unpaired) electrons. The van der Waals surface area contributed by atoms with E-state index >= 15 is 0 Å². The second-order valence-electron chi connectivity index (χ2n) is 6.31. The van der Waals surface area contributed by atoms with Crippen LogP contribution in [0.15, 0.2) is 30.4 Å². The van der Waals surface area contributed by atoms with Crippen molar-refractivity contribution in [2.75, 3.05) is 39.9 Å². The zero-order chi connectivity index (χ0) is 16.5. The van der Waals surface area contributed by atoms with E-state index < -0.39 is 0 Å². The van der Waals surface area contributed by atoms with Crippen LogP contribution in [0.3, 0.4) is 0 Å². The van der Waals surface area contributed by atoms with E-state index in [4.69, 9.17) is 9.47 Å². The molecule has 0 amide bonds. The van der Waals surface area contributed by atoms with Crippen molar-refractivity contribution in [3.8, 4) is 11.5 Å². The molecule has 0 aliphatic carbocycles. The number of benzene rings is 1. The van der Waals surface area contributed by atoms with Gasteiger partial charge in [-0.3, -0.25) is 0 Å². The average Bonchev–Trinajstić information content (AvgIpc) is 3.06. The largest absolute Gasteiger partial charge is 0.493 e. The normalized spacial score (nSPS) is 14.9. The number of nitrogens with one attached hydrogen (secondary N) is 1. The molecule has 23 heavy (non-hydrogen) atoms. The van der Waals surface area contributed by atoms with Crippen LogP contribution in [0.25, 0.3) is 0 Å². The van der Waals surface area contributed by atoms with Gasteiger partial charge in [-0.15, -0.1) is 0 Å². The first kappa shape index (κ1) is 17.8. The summed E-state index contributed by atoms with van der Waals surface area (Å²) < 4.78 is 11.1. The van der Waals surface area contributed by atoms with Crippen LogP contribution in [0.5, 0.6) is 11.5 Å². The third-order valence-electron chi connectivity index (χ3n) is 4.06. The molecule has 0 saturated carbocycles. The van der Waals surface area contributed by atoms with Gasteiger partial charge in [0.1, 0.15) is 6.61 Å². The summed E-state index contributed by atoms with van der Waals surface area (Å²) in [5.41, 5.74) is 2.21. The summed E-state index contributed by atoms with van der Waals surface area (Å²) in [7, 11) is 1.67. The van der Waals surface area contributed by atoms with Crippen molar-refractivity contribution in [3.63, 3.8) is 0 Å². The van der Waals surface area contributed by atoms with E-state index in [1.165, 1.54) is 44.5 Å². The highest BCUT2D eigenvalue weighted by Crippen LogP contribution is 2.28. The lowest BCUT2D eigenvalue weighted by molar-refractivity contribution is 0.319. The van der Waals surface area contributed by atoms with Crippen LogP contribution in [0.4, 0.5) is 0 Å². The van der Waals surface area contributed by atoms with E-state index in [1.807, 2.05) is 13.0 Å². The summed E-state index contributed by atoms with van der Waals surface area (Å²) in [5, 5.41) is 3.51. The van der Waals surface area contributed by atoms with Crippen LogP contribution in [-0.2, 0) is 6.54 Å². The Bertz CT molecular complexity index is 496. The summed E-state index contributed by atoms with van der Waals surface area (Å²) in [6.07, 6.45) is 3.94. The van der Waals surface area contributed by atoms with Crippen molar-refractivity contribution in [2.45, 2.75) is 32.7 Å². The van der Waals surface area contributed by atoms with Crippen molar-refractivity contribution in [2.24, 2.45) is 0 Å². The predicted octanol–water partition coefficient (Wildman–Crippen LogP) is 3.23. The highest BCUT2D eigenvalue weighted by Gasteiger charge is 2.10. The minimum absolute atomic E-state index is 0.517. The Morgan fingerprint density at radius 2 is 2.04 bits per heavy atom. The molecule has 1 aromatic carbocycles. The number of hydrogen-bond acceptors (Lipinski definition) is 4. The van der Waals surface area contributed by atoms with Crippen molar-refractivity contribution in [1.29, 1.82) is 0 Å². The number of rotatable bonds is 10. The first-order valence-electron chi connectivity index (χ1n) is 8.56. The molecule has 4 nitrogen and oxygen atoms in total. The van der Waals surface area contributed by atoms with Crippen LogP contribution < -0.4 is 14.8 Å². The van der Waals surface area contributed by atoms with Gasteiger partial charge < -0.3 is 19.7 Å². The Balaban J connectivity index is 1.75. The van der Waals surface area contributed by atoms with Gasteiger partial charge in [-0.2, -0.15) is 0 Å². The van der Waals surface area contributed by atoms with Gasteiger partial charge in [0.05, 0.1) is 7.11 Å². The number of methoxy groups -OCH3 is 1. The third-order valence-corrected chi connectivity index (χ3v) is 4.06. The van der Waals surface area contributed by atoms with Crippen LogP contribution in [-0.4, -0.2) is 44.8 Å². The van der Waals surface area contributed by atoms with Crippen molar-refractivity contribution >= 4 is 0 Å². The lowest BCUT2D eigenvalue weighted by atomic mass is 10.2. The summed E-state index contributed by atoms with van der Waals surface area (Å²) >= 11 is 0. The fraction of sp³-hybridized carbons (Fsp3) is 0.579. The number of ether oxygens (including phenoxy) is 2. The first-order valence-corrected chi connectivity index (χ1v) is 8.56. The SMILES string of the molecule is C=C(C)COc1cc(CNCCCN2CCCC2)ccc1OC. The number of likely N-dealkylation sites (tertiary alicyclic amines) is 1. The molecule has 1 aliphatic rings. The Labute approximate surface area is 140 Å². The van der Waals surface area contributed by atoms with E-state index in [0.717, 1.165) is 30.2 Å². The van der Waals surface area contributed by atoms with Gasteiger partial charge in [-0.1, -0.05) is 12.6 Å². The Kier molecular flexibility index (Phi) is 7.43. The van der Waals surface area contributed by atoms with E-state index in [1.54, 1.807) is 7.11 Å². The maximum atomic E-state index is 5.77. The lowest BCUT2D eigenvalue weighted by Gasteiger charge is -2.15. The third kappa shape index (κ3) is 6.24. The van der Waals surface area contributed by atoms with Gasteiger partial charge in [0.15, 0.2) is 11.5 Å². The van der Waals surface area contributed by atoms with Gasteiger partial charge in [-0.05, 0) is 75.6 Å². The summed E-state index contributed by atoms with van der Waals surface area (Å²) in [4.78, 5) is 2.55. The fourth-order valence-electron chi connectivity index (χ4n) is 2.81. The monoisotopic (exact) mass is 318 g/mol. The van der Waals surface area contributed by atoms with Gasteiger partial charge >= 0.3 is 0 Å². The molecule has 0 spiro atoms. The second-order valence-corrected chi connectivity index (χ2v) is 6.31. The molecule has 1 aromatic rings. The van der Waals surface area contributed by atoms with Crippen molar-refractivity contribution < 1.29 is 9.47 Å². The van der Waals surface area contributed by atoms with Crippen LogP contribution in [0, 0.1) is 0 Å². The zero-order valence-electron chi connectivity index (χ0n) is 14.6. The minimum atomic E-state index is 0.517. The van der Waals surface area contributed by atoms with Crippen LogP contribution >= 0.6 is 0 Å². The molecule has 0 bridgehead atoms. The quantitative estimate of drug-likeness (QED) is 0.530. The second kappa shape index (κ2) is 9.58. The van der Waals surface area contributed by atoms with E-state index in [9.17, 15) is 0 Å². The van der Waals surface area contributed by atoms with Crippen LogP contribution in [0.2, 0.25) is 0 Å². The predicted molar refractivity (Wildman–Crippen MR) is 95.3 cm³/mol. The topological polar surface area (TPSA) is 33.7 Å². The molecule has 2 rings (SSSR count). The Morgan fingerprint density at radius 1 is 1.26 bits per heavy atom. The first-order chi connectivity index (χ1) is 11.2. The molecular formula is C19H30N2O2. The zero-order valence-corrected chi connectivity index (χ0v) is 14.6. The molecule has 1 saturated heterocycles. The molecule has 1 N–H and O–H groups in total. The minimum Gasteiger partial charge on any atom is -0.493 e.